The Labute approximate surface area is 107 Å². The minimum absolute atomic E-state index is 0.284. The molecule has 0 atom stereocenters. The summed E-state index contributed by atoms with van der Waals surface area (Å²) < 4.78 is 5.28. The fraction of sp³-hybridized carbons (Fsp3) is 0.400. The molecular formula is C10H10N2O5S. The van der Waals surface area contributed by atoms with Gasteiger partial charge in [0.2, 0.25) is 0 Å². The lowest BCUT2D eigenvalue weighted by Gasteiger charge is -2.02. The highest BCUT2D eigenvalue weighted by atomic mass is 32.2. The first kappa shape index (κ1) is 12.8. The molecule has 1 saturated carbocycles. The summed E-state index contributed by atoms with van der Waals surface area (Å²) in [5.74, 6) is 0.551. The zero-order valence-electron chi connectivity index (χ0n) is 9.27. The van der Waals surface area contributed by atoms with Crippen molar-refractivity contribution in [2.45, 2.75) is 17.7 Å². The van der Waals surface area contributed by atoms with E-state index in [9.17, 15) is 20.2 Å². The summed E-state index contributed by atoms with van der Waals surface area (Å²) in [6, 6.07) is 3.52. The van der Waals surface area contributed by atoms with Crippen molar-refractivity contribution in [1.82, 2.24) is 0 Å². The largest absolute Gasteiger partial charge is 0.310 e. The van der Waals surface area contributed by atoms with Crippen molar-refractivity contribution in [2.75, 3.05) is 6.61 Å². The second kappa shape index (κ2) is 5.32. The SMILES string of the molecule is O=[N+]([O-])c1ccc(SOCC2CC2)c([N+](=O)[O-])c1. The summed E-state index contributed by atoms with van der Waals surface area (Å²) in [4.78, 5) is 20.3. The van der Waals surface area contributed by atoms with Gasteiger partial charge in [-0.2, -0.15) is 0 Å². The van der Waals surface area contributed by atoms with Crippen LogP contribution in [0.4, 0.5) is 11.4 Å². The Bertz CT molecular complexity index is 489. The van der Waals surface area contributed by atoms with Crippen molar-refractivity contribution in [3.8, 4) is 0 Å². The molecule has 0 unspecified atom stereocenters. The fourth-order valence-electron chi connectivity index (χ4n) is 1.31. The molecule has 0 heterocycles. The molecule has 0 aromatic heterocycles. The maximum Gasteiger partial charge on any atom is 0.292 e. The molecule has 0 N–H and O–H groups in total. The minimum Gasteiger partial charge on any atom is -0.310 e. The van der Waals surface area contributed by atoms with E-state index in [4.69, 9.17) is 4.18 Å². The average Bonchev–Trinajstić information content (AvgIpc) is 3.13. The average molecular weight is 270 g/mol. The van der Waals surface area contributed by atoms with Crippen LogP contribution in [0, 0.1) is 26.1 Å². The third kappa shape index (κ3) is 3.17. The van der Waals surface area contributed by atoms with Crippen molar-refractivity contribution in [3.05, 3.63) is 38.4 Å². The molecule has 96 valence electrons. The molecule has 0 bridgehead atoms. The summed E-state index contributed by atoms with van der Waals surface area (Å²) in [6.45, 7) is 0.554. The van der Waals surface area contributed by atoms with Gasteiger partial charge in [-0.25, -0.2) is 0 Å². The van der Waals surface area contributed by atoms with E-state index in [0.29, 0.717) is 12.5 Å². The van der Waals surface area contributed by atoms with E-state index in [0.717, 1.165) is 31.0 Å². The molecule has 1 fully saturated rings. The number of nitro benzene ring substituents is 2. The van der Waals surface area contributed by atoms with E-state index >= 15 is 0 Å². The molecule has 0 aliphatic heterocycles. The van der Waals surface area contributed by atoms with E-state index in [1.54, 1.807) is 0 Å². The topological polar surface area (TPSA) is 95.5 Å². The van der Waals surface area contributed by atoms with Crippen LogP contribution in [0.2, 0.25) is 0 Å². The maximum absolute atomic E-state index is 10.8. The Morgan fingerprint density at radius 2 is 2.00 bits per heavy atom. The van der Waals surface area contributed by atoms with E-state index in [-0.39, 0.29) is 16.3 Å². The molecule has 8 heteroatoms. The highest BCUT2D eigenvalue weighted by Crippen LogP contribution is 2.35. The number of hydrogen-bond acceptors (Lipinski definition) is 6. The molecule has 1 aliphatic rings. The van der Waals surface area contributed by atoms with Gasteiger partial charge in [0, 0.05) is 18.1 Å². The molecule has 0 spiro atoms. The zero-order chi connectivity index (χ0) is 13.1. The molecule has 0 radical (unpaired) electrons. The second-order valence-electron chi connectivity index (χ2n) is 3.98. The first-order chi connectivity index (χ1) is 8.58. The number of nitro groups is 2. The Morgan fingerprint density at radius 3 is 2.56 bits per heavy atom. The number of benzene rings is 1. The Morgan fingerprint density at radius 1 is 1.28 bits per heavy atom. The van der Waals surface area contributed by atoms with E-state index in [1.165, 1.54) is 12.1 Å². The number of hydrogen-bond donors (Lipinski definition) is 0. The number of rotatable bonds is 6. The van der Waals surface area contributed by atoms with Crippen LogP contribution in [0.5, 0.6) is 0 Å². The maximum atomic E-state index is 10.8. The van der Waals surface area contributed by atoms with Gasteiger partial charge in [-0.3, -0.25) is 20.2 Å². The van der Waals surface area contributed by atoms with Crippen LogP contribution < -0.4 is 0 Å². The van der Waals surface area contributed by atoms with Crippen molar-refractivity contribution in [2.24, 2.45) is 5.92 Å². The Balaban J connectivity index is 2.11. The first-order valence-electron chi connectivity index (χ1n) is 5.30. The molecule has 0 amide bonds. The predicted molar refractivity (Wildman–Crippen MR) is 64.3 cm³/mol. The normalized spacial score (nSPS) is 14.4. The van der Waals surface area contributed by atoms with Gasteiger partial charge in [0.1, 0.15) is 4.90 Å². The van der Waals surface area contributed by atoms with Gasteiger partial charge in [-0.1, -0.05) is 0 Å². The van der Waals surface area contributed by atoms with Gasteiger partial charge in [-0.05, 0) is 24.8 Å². The Hall–Kier alpha value is -1.67. The van der Waals surface area contributed by atoms with Gasteiger partial charge in [-0.15, -0.1) is 0 Å². The molecule has 2 rings (SSSR count). The smallest absolute Gasteiger partial charge is 0.292 e. The molecule has 0 saturated heterocycles. The van der Waals surface area contributed by atoms with Gasteiger partial charge in [0.05, 0.1) is 22.5 Å². The number of non-ortho nitro benzene ring substituents is 1. The molecule has 1 aliphatic carbocycles. The third-order valence-electron chi connectivity index (χ3n) is 2.50. The molecular weight excluding hydrogens is 260 g/mol. The minimum atomic E-state index is -0.660. The van der Waals surface area contributed by atoms with Crippen LogP contribution >= 0.6 is 12.0 Å². The summed E-state index contributed by atoms with van der Waals surface area (Å²) in [6.07, 6.45) is 2.26. The highest BCUT2D eigenvalue weighted by Gasteiger charge is 2.24. The van der Waals surface area contributed by atoms with Crippen molar-refractivity contribution < 1.29 is 14.0 Å². The van der Waals surface area contributed by atoms with Gasteiger partial charge in [0.25, 0.3) is 11.4 Å². The van der Waals surface area contributed by atoms with Gasteiger partial charge in [0.15, 0.2) is 0 Å². The molecule has 1 aromatic rings. The van der Waals surface area contributed by atoms with E-state index in [1.807, 2.05) is 0 Å². The van der Waals surface area contributed by atoms with E-state index < -0.39 is 9.85 Å². The lowest BCUT2D eigenvalue weighted by molar-refractivity contribution is -0.396. The van der Waals surface area contributed by atoms with Crippen LogP contribution in [0.1, 0.15) is 12.8 Å². The van der Waals surface area contributed by atoms with Crippen LogP contribution in [0.15, 0.2) is 23.1 Å². The Kier molecular flexibility index (Phi) is 3.78. The summed E-state index contributed by atoms with van der Waals surface area (Å²) in [7, 11) is 0. The lowest BCUT2D eigenvalue weighted by atomic mass is 10.3. The monoisotopic (exact) mass is 270 g/mol. The standard InChI is InChI=1S/C10H10N2O5S/c13-11(14)8-3-4-10(9(5-8)12(15)16)18-17-6-7-1-2-7/h3-5,7H,1-2,6H2. The number of nitrogens with zero attached hydrogens (tertiary/aromatic N) is 2. The zero-order valence-corrected chi connectivity index (χ0v) is 10.1. The second-order valence-corrected chi connectivity index (χ2v) is 4.82. The van der Waals surface area contributed by atoms with Crippen LogP contribution in [-0.2, 0) is 4.18 Å². The van der Waals surface area contributed by atoms with Gasteiger partial charge < -0.3 is 4.18 Å². The lowest BCUT2D eigenvalue weighted by Crippen LogP contribution is -1.95. The van der Waals surface area contributed by atoms with Gasteiger partial charge >= 0.3 is 0 Å². The summed E-state index contributed by atoms with van der Waals surface area (Å²) in [5, 5.41) is 21.4. The molecule has 18 heavy (non-hydrogen) atoms. The van der Waals surface area contributed by atoms with Crippen LogP contribution in [0.25, 0.3) is 0 Å². The predicted octanol–water partition coefficient (Wildman–Crippen LogP) is 2.94. The summed E-state index contributed by atoms with van der Waals surface area (Å²) >= 11 is 0.900. The fourth-order valence-corrected chi connectivity index (χ4v) is 2.04. The van der Waals surface area contributed by atoms with Crippen LogP contribution in [0.3, 0.4) is 0 Å². The third-order valence-corrected chi connectivity index (χ3v) is 3.28. The highest BCUT2D eigenvalue weighted by molar-refractivity contribution is 7.94. The van der Waals surface area contributed by atoms with E-state index in [2.05, 4.69) is 0 Å². The van der Waals surface area contributed by atoms with Crippen molar-refractivity contribution >= 4 is 23.4 Å². The summed E-state index contributed by atoms with van der Waals surface area (Å²) in [5.41, 5.74) is -0.599. The van der Waals surface area contributed by atoms with Crippen molar-refractivity contribution in [3.63, 3.8) is 0 Å². The van der Waals surface area contributed by atoms with Crippen molar-refractivity contribution in [1.29, 1.82) is 0 Å². The first-order valence-corrected chi connectivity index (χ1v) is 6.04. The van der Waals surface area contributed by atoms with Crippen LogP contribution in [-0.4, -0.2) is 16.5 Å². The molecule has 7 nitrogen and oxygen atoms in total. The quantitative estimate of drug-likeness (QED) is 0.448. The molecule has 1 aromatic carbocycles.